The molecule has 5 heteroatoms. The largest absolute Gasteiger partial charge is 0.444 e. The van der Waals surface area contributed by atoms with Crippen molar-refractivity contribution in [3.8, 4) is 0 Å². The lowest BCUT2D eigenvalue weighted by Crippen LogP contribution is -2.57. The van der Waals surface area contributed by atoms with Crippen LogP contribution in [0.5, 0.6) is 0 Å². The van der Waals surface area contributed by atoms with E-state index in [0.717, 1.165) is 19.3 Å². The highest BCUT2D eigenvalue weighted by Gasteiger charge is 2.36. The van der Waals surface area contributed by atoms with Gasteiger partial charge in [-0.15, -0.1) is 0 Å². The Balaban J connectivity index is 2.57. The van der Waals surface area contributed by atoms with Crippen LogP contribution in [0.15, 0.2) is 0 Å². The van der Waals surface area contributed by atoms with Crippen molar-refractivity contribution < 1.29 is 14.6 Å². The Bertz CT molecular complexity index is 346. The van der Waals surface area contributed by atoms with Crippen LogP contribution in [0.2, 0.25) is 0 Å². The summed E-state index contributed by atoms with van der Waals surface area (Å²) < 4.78 is 5.49. The maximum absolute atomic E-state index is 12.3. The van der Waals surface area contributed by atoms with Crippen molar-refractivity contribution in [3.63, 3.8) is 0 Å². The lowest BCUT2D eigenvalue weighted by atomic mass is 9.77. The number of nitrogens with zero attached hydrogens (tertiary/aromatic N) is 1. The molecule has 0 atom stereocenters. The van der Waals surface area contributed by atoms with Crippen LogP contribution in [-0.2, 0) is 4.74 Å². The molecule has 2 N–H and O–H groups in total. The zero-order valence-electron chi connectivity index (χ0n) is 14.5. The van der Waals surface area contributed by atoms with E-state index in [1.165, 1.54) is 0 Å². The quantitative estimate of drug-likeness (QED) is 0.819. The van der Waals surface area contributed by atoms with Crippen molar-refractivity contribution in [3.05, 3.63) is 0 Å². The highest BCUT2D eigenvalue weighted by Crippen LogP contribution is 2.31. The molecule has 0 aromatic rings. The first kappa shape index (κ1) is 18.2. The molecule has 1 rings (SSSR count). The molecule has 0 aliphatic heterocycles. The fourth-order valence-corrected chi connectivity index (χ4v) is 2.44. The molecule has 1 fully saturated rings. The van der Waals surface area contributed by atoms with E-state index in [0.29, 0.717) is 13.1 Å². The summed E-state index contributed by atoms with van der Waals surface area (Å²) in [7, 11) is 0. The second-order valence-corrected chi connectivity index (χ2v) is 8.02. The fourth-order valence-electron chi connectivity index (χ4n) is 2.44. The van der Waals surface area contributed by atoms with Gasteiger partial charge in [0.15, 0.2) is 0 Å². The van der Waals surface area contributed by atoms with Crippen molar-refractivity contribution in [2.24, 2.45) is 0 Å². The van der Waals surface area contributed by atoms with Gasteiger partial charge >= 0.3 is 6.09 Å². The number of amides is 1. The van der Waals surface area contributed by atoms with Gasteiger partial charge in [0.25, 0.3) is 0 Å². The summed E-state index contributed by atoms with van der Waals surface area (Å²) in [6, 6.07) is 0. The van der Waals surface area contributed by atoms with Crippen LogP contribution in [-0.4, -0.2) is 52.5 Å². The van der Waals surface area contributed by atoms with Crippen molar-refractivity contribution in [1.82, 2.24) is 10.2 Å². The predicted molar refractivity (Wildman–Crippen MR) is 84.4 cm³/mol. The molecule has 1 aliphatic rings. The van der Waals surface area contributed by atoms with Crippen LogP contribution in [0, 0.1) is 0 Å². The first-order chi connectivity index (χ1) is 9.49. The Hall–Kier alpha value is -0.810. The molecule has 124 valence electrons. The Morgan fingerprint density at radius 2 is 1.81 bits per heavy atom. The van der Waals surface area contributed by atoms with Gasteiger partial charge in [0, 0.05) is 24.2 Å². The summed E-state index contributed by atoms with van der Waals surface area (Å²) in [4.78, 5) is 14.1. The molecule has 0 spiro atoms. The maximum Gasteiger partial charge on any atom is 0.410 e. The van der Waals surface area contributed by atoms with Gasteiger partial charge in [-0.05, 0) is 60.8 Å². The van der Waals surface area contributed by atoms with Crippen molar-refractivity contribution in [1.29, 1.82) is 0 Å². The number of carbonyl (C=O) groups is 1. The van der Waals surface area contributed by atoms with E-state index in [9.17, 15) is 9.90 Å². The molecule has 0 saturated heterocycles. The third-order valence-electron chi connectivity index (χ3n) is 3.87. The Kier molecular flexibility index (Phi) is 5.67. The topological polar surface area (TPSA) is 61.8 Å². The third-order valence-corrected chi connectivity index (χ3v) is 3.87. The SMILES string of the molecule is CC(C)(C)OC(=O)N(CCNC1(CO)CCC1)C(C)(C)C. The lowest BCUT2D eigenvalue weighted by Gasteiger charge is -2.43. The molecule has 0 radical (unpaired) electrons. The van der Waals surface area contributed by atoms with Crippen LogP contribution < -0.4 is 5.32 Å². The molecule has 5 nitrogen and oxygen atoms in total. The molecule has 0 heterocycles. The van der Waals surface area contributed by atoms with Gasteiger partial charge in [-0.25, -0.2) is 4.79 Å². The highest BCUT2D eigenvalue weighted by atomic mass is 16.6. The predicted octanol–water partition coefficient (Wildman–Crippen LogP) is 2.53. The van der Waals surface area contributed by atoms with Crippen molar-refractivity contribution >= 4 is 6.09 Å². The van der Waals surface area contributed by atoms with Crippen LogP contribution in [0.4, 0.5) is 4.79 Å². The molecule has 21 heavy (non-hydrogen) atoms. The van der Waals surface area contributed by atoms with Crippen LogP contribution in [0.1, 0.15) is 60.8 Å². The normalized spacial score (nSPS) is 18.0. The minimum absolute atomic E-state index is 0.127. The number of hydrogen-bond acceptors (Lipinski definition) is 4. The summed E-state index contributed by atoms with van der Waals surface area (Å²) in [5.41, 5.74) is -0.915. The number of rotatable bonds is 5. The summed E-state index contributed by atoms with van der Waals surface area (Å²) in [6.45, 7) is 13.0. The van der Waals surface area contributed by atoms with Gasteiger partial charge in [-0.3, -0.25) is 0 Å². The molecule has 1 saturated carbocycles. The molecular weight excluding hydrogens is 268 g/mol. The molecular formula is C16H32N2O3. The van der Waals surface area contributed by atoms with E-state index in [4.69, 9.17) is 4.74 Å². The Morgan fingerprint density at radius 3 is 2.14 bits per heavy atom. The molecule has 0 aromatic carbocycles. The van der Waals surface area contributed by atoms with E-state index in [2.05, 4.69) is 5.32 Å². The smallest absolute Gasteiger partial charge is 0.410 e. The van der Waals surface area contributed by atoms with Gasteiger partial charge in [-0.2, -0.15) is 0 Å². The number of carbonyl (C=O) groups excluding carboxylic acids is 1. The first-order valence-electron chi connectivity index (χ1n) is 7.86. The van der Waals surface area contributed by atoms with Gasteiger partial charge in [0.1, 0.15) is 5.60 Å². The van der Waals surface area contributed by atoms with Crippen molar-refractivity contribution in [2.45, 2.75) is 77.5 Å². The minimum atomic E-state index is -0.492. The average Bonchev–Trinajstić information content (AvgIpc) is 2.22. The Morgan fingerprint density at radius 1 is 1.24 bits per heavy atom. The Labute approximate surface area is 129 Å². The van der Waals surface area contributed by atoms with E-state index in [1.807, 2.05) is 41.5 Å². The standard InChI is InChI=1S/C16H32N2O3/c1-14(2,3)18(13(20)21-15(4,5)6)11-10-17-16(12-19)8-7-9-16/h17,19H,7-12H2,1-6H3. The summed E-state index contributed by atoms with van der Waals surface area (Å²) in [5, 5.41) is 12.9. The number of aliphatic hydroxyl groups is 1. The highest BCUT2D eigenvalue weighted by molar-refractivity contribution is 5.69. The van der Waals surface area contributed by atoms with Crippen LogP contribution in [0.3, 0.4) is 0 Å². The summed E-state index contributed by atoms with van der Waals surface area (Å²) in [5.74, 6) is 0. The zero-order chi connectivity index (χ0) is 16.3. The number of aliphatic hydroxyl groups excluding tert-OH is 1. The first-order valence-corrected chi connectivity index (χ1v) is 7.86. The van der Waals surface area contributed by atoms with Crippen LogP contribution in [0.25, 0.3) is 0 Å². The number of ether oxygens (including phenoxy) is 1. The maximum atomic E-state index is 12.3. The minimum Gasteiger partial charge on any atom is -0.444 e. The van der Waals surface area contributed by atoms with Gasteiger partial charge in [-0.1, -0.05) is 0 Å². The zero-order valence-corrected chi connectivity index (χ0v) is 14.5. The van der Waals surface area contributed by atoms with Gasteiger partial charge in [0.2, 0.25) is 0 Å². The monoisotopic (exact) mass is 300 g/mol. The lowest BCUT2D eigenvalue weighted by molar-refractivity contribution is 0.00460. The molecule has 1 aliphatic carbocycles. The van der Waals surface area contributed by atoms with E-state index in [-0.39, 0.29) is 23.8 Å². The molecule has 0 unspecified atom stereocenters. The van der Waals surface area contributed by atoms with Crippen molar-refractivity contribution in [2.75, 3.05) is 19.7 Å². The molecule has 0 bridgehead atoms. The third kappa shape index (κ3) is 5.47. The molecule has 0 aromatic heterocycles. The summed E-state index contributed by atoms with van der Waals surface area (Å²) in [6.07, 6.45) is 2.88. The second kappa shape index (κ2) is 6.53. The van der Waals surface area contributed by atoms with E-state index < -0.39 is 5.60 Å². The van der Waals surface area contributed by atoms with E-state index in [1.54, 1.807) is 4.90 Å². The average molecular weight is 300 g/mol. The van der Waals surface area contributed by atoms with Gasteiger partial charge < -0.3 is 20.1 Å². The second-order valence-electron chi connectivity index (χ2n) is 8.02. The van der Waals surface area contributed by atoms with E-state index >= 15 is 0 Å². The number of nitrogens with one attached hydrogen (secondary N) is 1. The van der Waals surface area contributed by atoms with Gasteiger partial charge in [0.05, 0.1) is 6.61 Å². The molecule has 1 amide bonds. The number of hydrogen-bond donors (Lipinski definition) is 2. The fraction of sp³-hybridized carbons (Fsp3) is 0.938. The summed E-state index contributed by atoms with van der Waals surface area (Å²) >= 11 is 0. The van der Waals surface area contributed by atoms with Crippen LogP contribution >= 0.6 is 0 Å².